The lowest BCUT2D eigenvalue weighted by molar-refractivity contribution is -0.956. The first kappa shape index (κ1) is 25.9. The van der Waals surface area contributed by atoms with Crippen LogP contribution in [0.1, 0.15) is 76.3 Å². The minimum absolute atomic E-state index is 0.136. The van der Waals surface area contributed by atoms with E-state index in [9.17, 15) is 9.59 Å². The third-order valence-electron chi connectivity index (χ3n) is 8.77. The van der Waals surface area contributed by atoms with Crippen LogP contribution in [0, 0.1) is 0 Å². The number of hydrogen-bond acceptors (Lipinski definition) is 5. The van der Waals surface area contributed by atoms with Gasteiger partial charge in [-0.25, -0.2) is 4.79 Å². The van der Waals surface area contributed by atoms with Crippen LogP contribution in [0.4, 0.5) is 0 Å². The highest BCUT2D eigenvalue weighted by molar-refractivity contribution is 5.86. The topological polar surface area (TPSA) is 61.8 Å². The summed E-state index contributed by atoms with van der Waals surface area (Å²) >= 11 is 0. The van der Waals surface area contributed by atoms with Gasteiger partial charge in [-0.05, 0) is 24.5 Å². The average molecular weight is 507 g/mol. The molecule has 3 saturated heterocycles. The van der Waals surface area contributed by atoms with Gasteiger partial charge in [-0.1, -0.05) is 67.6 Å². The van der Waals surface area contributed by atoms with E-state index in [1.54, 1.807) is 6.92 Å². The highest BCUT2D eigenvalue weighted by atomic mass is 16.7. The highest BCUT2D eigenvalue weighted by Gasteiger charge is 2.57. The summed E-state index contributed by atoms with van der Waals surface area (Å²) in [6.45, 7) is 6.15. The van der Waals surface area contributed by atoms with E-state index in [0.29, 0.717) is 36.1 Å². The van der Waals surface area contributed by atoms with Crippen molar-refractivity contribution in [3.05, 3.63) is 71.8 Å². The fourth-order valence-corrected chi connectivity index (χ4v) is 7.19. The average Bonchev–Trinajstić information content (AvgIpc) is 3.45. The maximum atomic E-state index is 14.3. The Balaban J connectivity index is 1.46. The number of hydrogen-bond donors (Lipinski definition) is 0. The van der Waals surface area contributed by atoms with E-state index in [-0.39, 0.29) is 12.1 Å². The van der Waals surface area contributed by atoms with Crippen LogP contribution in [0.15, 0.2) is 60.7 Å². The zero-order chi connectivity index (χ0) is 25.9. The molecule has 1 spiro atoms. The minimum Gasteiger partial charge on any atom is -0.459 e. The molecule has 2 aromatic rings. The second-order valence-electron chi connectivity index (χ2n) is 11.0. The third kappa shape index (κ3) is 4.94. The number of quaternary nitrogens is 1. The first-order valence-electron chi connectivity index (χ1n) is 14.0. The van der Waals surface area contributed by atoms with E-state index in [1.165, 1.54) is 43.3 Å². The normalized spacial score (nSPS) is 25.1. The number of rotatable bonds is 9. The molecule has 0 amide bonds. The van der Waals surface area contributed by atoms with Crippen LogP contribution in [0.2, 0.25) is 0 Å². The van der Waals surface area contributed by atoms with E-state index in [0.717, 1.165) is 12.8 Å². The number of piperidine rings is 1. The number of carbonyl (C=O) groups excluding carboxylic acids is 2. The first-order chi connectivity index (χ1) is 18.0. The Bertz CT molecular complexity index is 1010. The van der Waals surface area contributed by atoms with Crippen LogP contribution in [0.3, 0.4) is 0 Å². The van der Waals surface area contributed by atoms with Crippen molar-refractivity contribution in [1.29, 1.82) is 0 Å². The molecular weight excluding hydrogens is 466 g/mol. The Labute approximate surface area is 220 Å². The zero-order valence-corrected chi connectivity index (χ0v) is 22.1. The van der Waals surface area contributed by atoms with Crippen molar-refractivity contribution in [2.45, 2.75) is 95.3 Å². The molecule has 3 atom stereocenters. The van der Waals surface area contributed by atoms with Crippen LogP contribution >= 0.6 is 0 Å². The summed E-state index contributed by atoms with van der Waals surface area (Å²) < 4.78 is 19.7. The van der Waals surface area contributed by atoms with Gasteiger partial charge in [-0.3, -0.25) is 4.79 Å². The summed E-state index contributed by atoms with van der Waals surface area (Å²) in [5.41, 5.74) is -0.233. The van der Waals surface area contributed by atoms with E-state index in [1.807, 2.05) is 67.6 Å². The van der Waals surface area contributed by atoms with Gasteiger partial charge in [0.15, 0.2) is 0 Å². The first-order valence-corrected chi connectivity index (χ1v) is 14.0. The van der Waals surface area contributed by atoms with Crippen LogP contribution in [0.25, 0.3) is 0 Å². The molecule has 2 aromatic carbocycles. The quantitative estimate of drug-likeness (QED) is 0.256. The van der Waals surface area contributed by atoms with Gasteiger partial charge in [-0.15, -0.1) is 0 Å². The molecule has 3 aliphatic heterocycles. The standard InChI is InChI=1S/C31H40NO5/c1-3-12-29(33)35-23(2)37-31(24-13-6-4-7-14-24,25-15-8-5-9-16-25)30(34)36-28-21-26-17-18-27(22-28)32(26)19-10-11-20-32/h4-9,13-16,23,26-28H,3,10-12,17-22H2,1-2H3/q+1. The molecular formula is C31H40NO5+. The lowest BCUT2D eigenvalue weighted by atomic mass is 9.85. The molecule has 0 aromatic heterocycles. The van der Waals surface area contributed by atoms with Gasteiger partial charge < -0.3 is 18.7 Å². The van der Waals surface area contributed by atoms with Crippen molar-refractivity contribution in [2.75, 3.05) is 13.1 Å². The molecule has 3 aliphatic rings. The fourth-order valence-electron chi connectivity index (χ4n) is 7.19. The molecule has 0 N–H and O–H groups in total. The van der Waals surface area contributed by atoms with Crippen molar-refractivity contribution >= 4 is 11.9 Å². The maximum absolute atomic E-state index is 14.3. The Morgan fingerprint density at radius 2 is 1.46 bits per heavy atom. The molecule has 5 rings (SSSR count). The van der Waals surface area contributed by atoms with Gasteiger partial charge in [-0.2, -0.15) is 0 Å². The Kier molecular flexibility index (Phi) is 7.68. The minimum atomic E-state index is -1.55. The van der Waals surface area contributed by atoms with Crippen LogP contribution < -0.4 is 0 Å². The van der Waals surface area contributed by atoms with Crippen molar-refractivity contribution in [3.63, 3.8) is 0 Å². The maximum Gasteiger partial charge on any atom is 0.348 e. The molecule has 3 heterocycles. The van der Waals surface area contributed by atoms with E-state index in [4.69, 9.17) is 14.2 Å². The predicted octanol–water partition coefficient (Wildman–Crippen LogP) is 5.48. The molecule has 2 bridgehead atoms. The number of benzene rings is 2. The molecule has 37 heavy (non-hydrogen) atoms. The second kappa shape index (κ2) is 11.0. The SMILES string of the molecule is CCCC(=O)OC(C)OC(C(=O)OC1CC2CCC(C1)[N+]21CCCC1)(c1ccccc1)c1ccccc1. The van der Waals surface area contributed by atoms with Crippen molar-refractivity contribution in [1.82, 2.24) is 0 Å². The zero-order valence-electron chi connectivity index (χ0n) is 22.1. The van der Waals surface area contributed by atoms with Gasteiger partial charge in [0.05, 0.1) is 25.2 Å². The van der Waals surface area contributed by atoms with Crippen molar-refractivity contribution < 1.29 is 28.3 Å². The van der Waals surface area contributed by atoms with E-state index in [2.05, 4.69) is 0 Å². The fraction of sp³-hybridized carbons (Fsp3) is 0.548. The van der Waals surface area contributed by atoms with Crippen LogP contribution in [-0.4, -0.2) is 54.0 Å². The molecule has 3 unspecified atom stereocenters. The molecule has 3 fully saturated rings. The Hall–Kier alpha value is -2.70. The lowest BCUT2D eigenvalue weighted by Gasteiger charge is -2.47. The number of esters is 2. The Morgan fingerprint density at radius 3 is 1.97 bits per heavy atom. The monoisotopic (exact) mass is 506 g/mol. The van der Waals surface area contributed by atoms with Crippen molar-refractivity contribution in [3.8, 4) is 0 Å². The van der Waals surface area contributed by atoms with Crippen molar-refractivity contribution in [2.24, 2.45) is 0 Å². The predicted molar refractivity (Wildman–Crippen MR) is 140 cm³/mol. The van der Waals surface area contributed by atoms with Crippen LogP contribution in [-0.2, 0) is 29.4 Å². The molecule has 6 heteroatoms. The molecule has 0 saturated carbocycles. The molecule has 0 aliphatic carbocycles. The largest absolute Gasteiger partial charge is 0.459 e. The smallest absolute Gasteiger partial charge is 0.348 e. The number of carbonyl (C=O) groups is 2. The van der Waals surface area contributed by atoms with Gasteiger partial charge >= 0.3 is 11.9 Å². The summed E-state index contributed by atoms with van der Waals surface area (Å²) in [5.74, 6) is -0.788. The summed E-state index contributed by atoms with van der Waals surface area (Å²) in [4.78, 5) is 26.6. The summed E-state index contributed by atoms with van der Waals surface area (Å²) in [6.07, 6.45) is 6.79. The van der Waals surface area contributed by atoms with Crippen LogP contribution in [0.5, 0.6) is 0 Å². The highest BCUT2D eigenvalue weighted by Crippen LogP contribution is 2.47. The van der Waals surface area contributed by atoms with Gasteiger partial charge in [0, 0.05) is 44.9 Å². The van der Waals surface area contributed by atoms with Gasteiger partial charge in [0.2, 0.25) is 11.9 Å². The summed E-state index contributed by atoms with van der Waals surface area (Å²) in [6, 6.07) is 20.0. The van der Waals surface area contributed by atoms with E-state index >= 15 is 0 Å². The summed E-state index contributed by atoms with van der Waals surface area (Å²) in [7, 11) is 0. The molecule has 6 nitrogen and oxygen atoms in total. The van der Waals surface area contributed by atoms with E-state index < -0.39 is 17.9 Å². The number of ether oxygens (including phenoxy) is 3. The lowest BCUT2D eigenvalue weighted by Crippen LogP contribution is -2.60. The molecule has 0 radical (unpaired) electrons. The van der Waals surface area contributed by atoms with Gasteiger partial charge in [0.25, 0.3) is 0 Å². The third-order valence-corrected chi connectivity index (χ3v) is 8.77. The summed E-state index contributed by atoms with van der Waals surface area (Å²) in [5, 5.41) is 0. The Morgan fingerprint density at radius 1 is 0.919 bits per heavy atom. The number of nitrogens with zero attached hydrogens (tertiary/aromatic N) is 1. The van der Waals surface area contributed by atoms with Gasteiger partial charge in [0.1, 0.15) is 6.10 Å². The molecule has 198 valence electrons. The second-order valence-corrected chi connectivity index (χ2v) is 11.0.